The maximum absolute atomic E-state index is 12.3. The quantitative estimate of drug-likeness (QED) is 0.804. The molecule has 1 N–H and O–H groups in total. The van der Waals surface area contributed by atoms with Gasteiger partial charge in [0.15, 0.2) is 5.69 Å². The lowest BCUT2D eigenvalue weighted by Gasteiger charge is -2.10. The number of nitrogens with zero attached hydrogens (tertiary/aromatic N) is 6. The molecular weight excluding hydrogens is 314 g/mol. The second-order valence-electron chi connectivity index (χ2n) is 4.29. The van der Waals surface area contributed by atoms with Crippen molar-refractivity contribution in [3.05, 3.63) is 26.6 Å². The van der Waals surface area contributed by atoms with Gasteiger partial charge >= 0.3 is 0 Å². The molecule has 2 heterocycles. The molecule has 22 heavy (non-hydrogen) atoms. The Morgan fingerprint density at radius 3 is 2.68 bits per heavy atom. The van der Waals surface area contributed by atoms with Gasteiger partial charge < -0.3 is 4.74 Å². The Bertz CT molecular complexity index is 755. The third kappa shape index (κ3) is 3.12. The molecule has 10 nitrogen and oxygen atoms in total. The van der Waals surface area contributed by atoms with E-state index in [1.54, 1.807) is 14.0 Å². The lowest BCUT2D eigenvalue weighted by atomic mass is 10.2. The number of hydrogen-bond acceptors (Lipinski definition) is 7. The van der Waals surface area contributed by atoms with Crippen LogP contribution in [0, 0.1) is 0 Å². The molecule has 2 aromatic heterocycles. The van der Waals surface area contributed by atoms with E-state index in [1.165, 1.54) is 11.7 Å². The summed E-state index contributed by atoms with van der Waals surface area (Å²) in [6, 6.07) is 0. The highest BCUT2D eigenvalue weighted by molar-refractivity contribution is 6.34. The number of aryl methyl sites for hydroxylation is 2. The minimum Gasteiger partial charge on any atom is -0.377 e. The second kappa shape index (κ2) is 6.62. The Labute approximate surface area is 130 Å². The second-order valence-corrected chi connectivity index (χ2v) is 4.67. The minimum atomic E-state index is -0.628. The van der Waals surface area contributed by atoms with Crippen LogP contribution in [0.1, 0.15) is 23.0 Å². The summed E-state index contributed by atoms with van der Waals surface area (Å²) in [7, 11) is 2.99. The molecule has 0 aliphatic heterocycles. The van der Waals surface area contributed by atoms with Crippen molar-refractivity contribution < 1.29 is 9.53 Å². The van der Waals surface area contributed by atoms with E-state index < -0.39 is 11.5 Å². The summed E-state index contributed by atoms with van der Waals surface area (Å²) < 4.78 is 7.51. The summed E-state index contributed by atoms with van der Waals surface area (Å²) in [5.41, 5.74) is -0.362. The Kier molecular flexibility index (Phi) is 4.83. The largest absolute Gasteiger partial charge is 0.377 e. The number of anilines is 1. The third-order valence-corrected chi connectivity index (χ3v) is 3.19. The van der Waals surface area contributed by atoms with Crippen LogP contribution in [0.2, 0.25) is 5.02 Å². The van der Waals surface area contributed by atoms with E-state index in [9.17, 15) is 9.59 Å². The number of ether oxygens (including phenoxy) is 1. The first kappa shape index (κ1) is 16.0. The van der Waals surface area contributed by atoms with Gasteiger partial charge in [0.25, 0.3) is 11.5 Å². The van der Waals surface area contributed by atoms with Crippen molar-refractivity contribution in [2.75, 3.05) is 11.9 Å². The summed E-state index contributed by atoms with van der Waals surface area (Å²) in [5.74, 6) is -0.501. The lowest BCUT2D eigenvalue weighted by Crippen LogP contribution is -2.29. The topological polar surface area (TPSA) is 117 Å². The zero-order valence-corrected chi connectivity index (χ0v) is 13.0. The summed E-state index contributed by atoms with van der Waals surface area (Å²) in [6.45, 7) is 2.19. The van der Waals surface area contributed by atoms with Gasteiger partial charge in [-0.15, -0.1) is 0 Å². The molecule has 0 radical (unpaired) electrons. The molecule has 0 aliphatic carbocycles. The number of rotatable bonds is 5. The molecule has 118 valence electrons. The van der Waals surface area contributed by atoms with Crippen LogP contribution >= 0.6 is 11.6 Å². The molecule has 0 atom stereocenters. The summed E-state index contributed by atoms with van der Waals surface area (Å²) in [6.07, 6.45) is 0. The predicted octanol–water partition coefficient (Wildman–Crippen LogP) is -0.254. The first-order chi connectivity index (χ1) is 10.5. The van der Waals surface area contributed by atoms with E-state index >= 15 is 0 Å². The number of aromatic nitrogens is 6. The lowest BCUT2D eigenvalue weighted by molar-refractivity contribution is 0.101. The molecule has 0 saturated carbocycles. The average Bonchev–Trinajstić information content (AvgIpc) is 2.88. The predicted molar refractivity (Wildman–Crippen MR) is 76.6 cm³/mol. The van der Waals surface area contributed by atoms with E-state index in [-0.39, 0.29) is 28.8 Å². The minimum absolute atomic E-state index is 0.00365. The molecule has 0 spiro atoms. The first-order valence-corrected chi connectivity index (χ1v) is 6.70. The van der Waals surface area contributed by atoms with Crippen LogP contribution in [0.3, 0.4) is 0 Å². The molecule has 0 fully saturated rings. The van der Waals surface area contributed by atoms with Gasteiger partial charge in [-0.1, -0.05) is 16.7 Å². The highest BCUT2D eigenvalue weighted by Crippen LogP contribution is 2.18. The van der Waals surface area contributed by atoms with Crippen LogP contribution in [-0.4, -0.2) is 42.5 Å². The number of tetrazole rings is 1. The Morgan fingerprint density at radius 2 is 2.09 bits per heavy atom. The monoisotopic (exact) mass is 327 g/mol. The van der Waals surface area contributed by atoms with Gasteiger partial charge in [-0.05, 0) is 17.4 Å². The fourth-order valence-electron chi connectivity index (χ4n) is 1.64. The molecular formula is C11H14ClN7O3. The average molecular weight is 328 g/mol. The van der Waals surface area contributed by atoms with E-state index in [0.29, 0.717) is 6.61 Å². The van der Waals surface area contributed by atoms with E-state index in [4.69, 9.17) is 16.3 Å². The van der Waals surface area contributed by atoms with Gasteiger partial charge in [0.1, 0.15) is 0 Å². The highest BCUT2D eigenvalue weighted by atomic mass is 35.5. The Balaban J connectivity index is 2.38. The fourth-order valence-corrected chi connectivity index (χ4v) is 1.90. The van der Waals surface area contributed by atoms with Gasteiger partial charge in [0, 0.05) is 20.7 Å². The normalized spacial score (nSPS) is 10.7. The van der Waals surface area contributed by atoms with Crippen LogP contribution in [0.25, 0.3) is 0 Å². The maximum atomic E-state index is 12.3. The van der Waals surface area contributed by atoms with Crippen molar-refractivity contribution in [1.29, 1.82) is 0 Å². The molecule has 0 unspecified atom stereocenters. The standard InChI is InChI=1S/C11H14ClN7O3/c1-4-22-5-6-7(12)8(15-18(2)10(6)21)9(20)13-11-14-16-17-19(11)3/h4-5H2,1-3H3,(H,13,14,17,20). The van der Waals surface area contributed by atoms with Gasteiger partial charge in [0.05, 0.1) is 17.2 Å². The number of carbonyl (C=O) groups is 1. The zero-order chi connectivity index (χ0) is 16.3. The molecule has 1 amide bonds. The number of halogens is 1. The van der Waals surface area contributed by atoms with Gasteiger partial charge in [-0.25, -0.2) is 9.36 Å². The van der Waals surface area contributed by atoms with Gasteiger partial charge in [-0.2, -0.15) is 5.10 Å². The molecule has 0 aromatic carbocycles. The van der Waals surface area contributed by atoms with Crippen LogP contribution in [-0.2, 0) is 25.4 Å². The van der Waals surface area contributed by atoms with Crippen LogP contribution in [0.4, 0.5) is 5.95 Å². The Hall–Kier alpha value is -2.33. The molecule has 0 saturated heterocycles. The molecule has 2 aromatic rings. The molecule has 0 aliphatic rings. The number of hydrogen-bond donors (Lipinski definition) is 1. The van der Waals surface area contributed by atoms with E-state index in [2.05, 4.69) is 25.9 Å². The van der Waals surface area contributed by atoms with Gasteiger partial charge in [-0.3, -0.25) is 14.9 Å². The summed E-state index contributed by atoms with van der Waals surface area (Å²) in [5, 5.41) is 16.9. The molecule has 11 heteroatoms. The number of amides is 1. The van der Waals surface area contributed by atoms with Crippen LogP contribution in [0.5, 0.6) is 0 Å². The van der Waals surface area contributed by atoms with Crippen molar-refractivity contribution >= 4 is 23.5 Å². The van der Waals surface area contributed by atoms with Crippen LogP contribution in [0.15, 0.2) is 4.79 Å². The van der Waals surface area contributed by atoms with Crippen molar-refractivity contribution in [3.63, 3.8) is 0 Å². The molecule has 2 rings (SSSR count). The summed E-state index contributed by atoms with van der Waals surface area (Å²) >= 11 is 6.12. The van der Waals surface area contributed by atoms with Gasteiger partial charge in [0.2, 0.25) is 5.95 Å². The van der Waals surface area contributed by atoms with Crippen molar-refractivity contribution in [2.24, 2.45) is 14.1 Å². The van der Waals surface area contributed by atoms with E-state index in [0.717, 1.165) is 4.68 Å². The van der Waals surface area contributed by atoms with Crippen molar-refractivity contribution in [1.82, 2.24) is 30.0 Å². The van der Waals surface area contributed by atoms with Crippen LogP contribution < -0.4 is 10.9 Å². The zero-order valence-electron chi connectivity index (χ0n) is 12.2. The fraction of sp³-hybridized carbons (Fsp3) is 0.455. The maximum Gasteiger partial charge on any atom is 0.280 e. The van der Waals surface area contributed by atoms with Crippen molar-refractivity contribution in [2.45, 2.75) is 13.5 Å². The SMILES string of the molecule is CCOCc1c(Cl)c(C(=O)Nc2nnnn2C)nn(C)c1=O. The summed E-state index contributed by atoms with van der Waals surface area (Å²) in [4.78, 5) is 24.3. The smallest absolute Gasteiger partial charge is 0.280 e. The first-order valence-electron chi connectivity index (χ1n) is 6.32. The third-order valence-electron chi connectivity index (χ3n) is 2.79. The molecule has 0 bridgehead atoms. The highest BCUT2D eigenvalue weighted by Gasteiger charge is 2.21. The number of nitrogens with one attached hydrogen (secondary N) is 1. The van der Waals surface area contributed by atoms with Crippen molar-refractivity contribution in [3.8, 4) is 0 Å². The van der Waals surface area contributed by atoms with E-state index in [1.807, 2.05) is 0 Å². The number of carbonyl (C=O) groups excluding carboxylic acids is 1. The Morgan fingerprint density at radius 1 is 1.36 bits per heavy atom.